The van der Waals surface area contributed by atoms with Gasteiger partial charge < -0.3 is 10.1 Å². The van der Waals surface area contributed by atoms with Crippen LogP contribution in [0, 0.1) is 6.92 Å². The number of carbonyl (C=O) groups excluding carboxylic acids is 2. The summed E-state index contributed by atoms with van der Waals surface area (Å²) in [5.74, 6) is -0.931. The third-order valence-electron chi connectivity index (χ3n) is 4.64. The highest BCUT2D eigenvalue weighted by Gasteiger charge is 2.19. The number of methoxy groups -OCH3 is 1. The first-order valence-electron chi connectivity index (χ1n) is 9.55. The number of halogens is 1. The van der Waals surface area contributed by atoms with E-state index in [4.69, 9.17) is 16.3 Å². The first kappa shape index (κ1) is 23.3. The first-order chi connectivity index (χ1) is 15.2. The number of aryl methyl sites for hydroxylation is 1. The van der Waals surface area contributed by atoms with E-state index in [2.05, 4.69) is 10.0 Å². The maximum atomic E-state index is 12.8. The number of carbonyl (C=O) groups is 2. The van der Waals surface area contributed by atoms with Gasteiger partial charge in [0.15, 0.2) is 0 Å². The van der Waals surface area contributed by atoms with Gasteiger partial charge >= 0.3 is 5.97 Å². The van der Waals surface area contributed by atoms with Crippen molar-refractivity contribution in [3.05, 3.63) is 94.0 Å². The van der Waals surface area contributed by atoms with E-state index in [9.17, 15) is 18.0 Å². The molecule has 0 saturated carbocycles. The van der Waals surface area contributed by atoms with Crippen LogP contribution in [0.4, 0.5) is 5.69 Å². The topological polar surface area (TPSA) is 102 Å². The molecule has 0 radical (unpaired) electrons. The molecule has 1 amide bonds. The van der Waals surface area contributed by atoms with Gasteiger partial charge in [0, 0.05) is 12.1 Å². The van der Waals surface area contributed by atoms with Crippen molar-refractivity contribution >= 4 is 39.2 Å². The van der Waals surface area contributed by atoms with Crippen LogP contribution in [0.5, 0.6) is 0 Å². The Bertz CT molecular complexity index is 1270. The normalized spacial score (nSPS) is 11.0. The SMILES string of the molecule is COC(=O)c1cc(CNC(=O)c2ccccc2C)cc(NS(=O)(=O)c2ccccc2Cl)c1. The smallest absolute Gasteiger partial charge is 0.337 e. The van der Waals surface area contributed by atoms with Crippen LogP contribution in [0.25, 0.3) is 0 Å². The molecule has 9 heteroatoms. The van der Waals surface area contributed by atoms with Crippen molar-refractivity contribution in [2.45, 2.75) is 18.4 Å². The van der Waals surface area contributed by atoms with E-state index >= 15 is 0 Å². The molecule has 7 nitrogen and oxygen atoms in total. The third-order valence-corrected chi connectivity index (χ3v) is 6.52. The third kappa shape index (κ3) is 5.46. The summed E-state index contributed by atoms with van der Waals surface area (Å²) in [7, 11) is -2.79. The van der Waals surface area contributed by atoms with Gasteiger partial charge in [-0.25, -0.2) is 13.2 Å². The van der Waals surface area contributed by atoms with Crippen molar-refractivity contribution in [3.8, 4) is 0 Å². The zero-order valence-electron chi connectivity index (χ0n) is 17.4. The summed E-state index contributed by atoms with van der Waals surface area (Å²) in [6, 6.07) is 17.6. The lowest BCUT2D eigenvalue weighted by Crippen LogP contribution is -2.24. The van der Waals surface area contributed by atoms with Gasteiger partial charge in [-0.2, -0.15) is 0 Å². The number of ether oxygens (including phenoxy) is 1. The Labute approximate surface area is 191 Å². The largest absolute Gasteiger partial charge is 0.465 e. The molecule has 0 bridgehead atoms. The summed E-state index contributed by atoms with van der Waals surface area (Å²) in [4.78, 5) is 24.5. The van der Waals surface area contributed by atoms with Crippen LogP contribution >= 0.6 is 11.6 Å². The van der Waals surface area contributed by atoms with E-state index in [-0.39, 0.29) is 33.6 Å². The second-order valence-electron chi connectivity index (χ2n) is 6.94. The number of sulfonamides is 1. The fourth-order valence-corrected chi connectivity index (χ4v) is 4.63. The van der Waals surface area contributed by atoms with Crippen LogP contribution in [0.1, 0.15) is 31.8 Å². The summed E-state index contributed by atoms with van der Waals surface area (Å²) < 4.78 is 32.8. The lowest BCUT2D eigenvalue weighted by atomic mass is 10.1. The van der Waals surface area contributed by atoms with Crippen molar-refractivity contribution in [1.82, 2.24) is 5.32 Å². The molecule has 3 aromatic carbocycles. The number of benzene rings is 3. The monoisotopic (exact) mass is 472 g/mol. The van der Waals surface area contributed by atoms with Crippen molar-refractivity contribution in [1.29, 1.82) is 0 Å². The van der Waals surface area contributed by atoms with Gasteiger partial charge in [0.25, 0.3) is 15.9 Å². The molecule has 2 N–H and O–H groups in total. The molecule has 0 fully saturated rings. The van der Waals surface area contributed by atoms with Crippen LogP contribution in [-0.4, -0.2) is 27.4 Å². The molecule has 0 aliphatic heterocycles. The molecule has 0 unspecified atom stereocenters. The average molecular weight is 473 g/mol. The van der Waals surface area contributed by atoms with E-state index in [1.54, 1.807) is 24.3 Å². The van der Waals surface area contributed by atoms with Gasteiger partial charge in [-0.05, 0) is 54.4 Å². The quantitative estimate of drug-likeness (QED) is 0.502. The maximum Gasteiger partial charge on any atom is 0.337 e. The summed E-state index contributed by atoms with van der Waals surface area (Å²) in [5, 5.41) is 2.85. The van der Waals surface area contributed by atoms with Crippen LogP contribution in [0.2, 0.25) is 5.02 Å². The second kappa shape index (κ2) is 9.84. The van der Waals surface area contributed by atoms with Gasteiger partial charge in [0.2, 0.25) is 0 Å². The highest BCUT2D eigenvalue weighted by molar-refractivity contribution is 7.92. The number of rotatable bonds is 7. The molecule has 0 heterocycles. The van der Waals surface area contributed by atoms with Crippen molar-refractivity contribution in [3.63, 3.8) is 0 Å². The molecule has 0 saturated heterocycles. The molecular weight excluding hydrogens is 452 g/mol. The summed E-state index contributed by atoms with van der Waals surface area (Å²) in [6.07, 6.45) is 0. The minimum absolute atomic E-state index is 0.0647. The predicted molar refractivity (Wildman–Crippen MR) is 122 cm³/mol. The lowest BCUT2D eigenvalue weighted by Gasteiger charge is -2.13. The zero-order valence-corrected chi connectivity index (χ0v) is 19.0. The predicted octanol–water partition coefficient (Wildman–Crippen LogP) is 4.17. The number of nitrogens with one attached hydrogen (secondary N) is 2. The fourth-order valence-electron chi connectivity index (χ4n) is 3.07. The van der Waals surface area contributed by atoms with E-state index < -0.39 is 16.0 Å². The molecule has 0 atom stereocenters. The van der Waals surface area contributed by atoms with E-state index in [0.717, 1.165) is 5.56 Å². The number of amides is 1. The Morgan fingerprint density at radius 2 is 1.69 bits per heavy atom. The molecule has 166 valence electrons. The first-order valence-corrected chi connectivity index (χ1v) is 11.4. The highest BCUT2D eigenvalue weighted by Crippen LogP contribution is 2.25. The molecule has 0 spiro atoms. The number of anilines is 1. The average Bonchev–Trinajstić information content (AvgIpc) is 2.77. The number of hydrogen-bond acceptors (Lipinski definition) is 5. The standard InChI is InChI=1S/C23H21ClN2O5S/c1-15-7-3-4-8-19(15)22(27)25-14-16-11-17(23(28)31-2)13-18(12-16)26-32(29,30)21-10-6-5-9-20(21)24/h3-13,26H,14H2,1-2H3,(H,25,27). The highest BCUT2D eigenvalue weighted by atomic mass is 35.5. The van der Waals surface area contributed by atoms with E-state index in [1.807, 2.05) is 19.1 Å². The molecule has 32 heavy (non-hydrogen) atoms. The molecule has 0 aromatic heterocycles. The van der Waals surface area contributed by atoms with Crippen LogP contribution in [0.3, 0.4) is 0 Å². The molecule has 0 aliphatic carbocycles. The number of hydrogen-bond donors (Lipinski definition) is 2. The zero-order chi connectivity index (χ0) is 23.3. The fraction of sp³-hybridized carbons (Fsp3) is 0.130. The van der Waals surface area contributed by atoms with Crippen molar-refractivity contribution in [2.75, 3.05) is 11.8 Å². The van der Waals surface area contributed by atoms with Crippen molar-refractivity contribution in [2.24, 2.45) is 0 Å². The summed E-state index contributed by atoms with van der Waals surface area (Å²) in [6.45, 7) is 1.90. The van der Waals surface area contributed by atoms with Gasteiger partial charge in [0.05, 0.1) is 23.4 Å². The van der Waals surface area contributed by atoms with Crippen LogP contribution in [-0.2, 0) is 21.3 Å². The van der Waals surface area contributed by atoms with Crippen molar-refractivity contribution < 1.29 is 22.7 Å². The minimum atomic E-state index is -4.01. The molecule has 3 rings (SSSR count). The second-order valence-corrected chi connectivity index (χ2v) is 9.00. The maximum absolute atomic E-state index is 12.8. The Morgan fingerprint density at radius 3 is 2.38 bits per heavy atom. The molecular formula is C23H21ClN2O5S. The molecule has 0 aliphatic rings. The molecule has 3 aromatic rings. The Kier molecular flexibility index (Phi) is 7.17. The van der Waals surface area contributed by atoms with E-state index in [1.165, 1.54) is 37.4 Å². The van der Waals surface area contributed by atoms with Crippen LogP contribution < -0.4 is 10.0 Å². The van der Waals surface area contributed by atoms with E-state index in [0.29, 0.717) is 11.1 Å². The minimum Gasteiger partial charge on any atom is -0.465 e. The van der Waals surface area contributed by atoms with Gasteiger partial charge in [-0.3, -0.25) is 9.52 Å². The Morgan fingerprint density at radius 1 is 1.00 bits per heavy atom. The van der Waals surface area contributed by atoms with Crippen LogP contribution in [0.15, 0.2) is 71.6 Å². The van der Waals surface area contributed by atoms with Gasteiger partial charge in [-0.1, -0.05) is 41.9 Å². The summed E-state index contributed by atoms with van der Waals surface area (Å²) >= 11 is 6.03. The van der Waals surface area contributed by atoms with Gasteiger partial charge in [-0.15, -0.1) is 0 Å². The van der Waals surface area contributed by atoms with Gasteiger partial charge in [0.1, 0.15) is 4.90 Å². The number of esters is 1. The Hall–Kier alpha value is -3.36. The Balaban J connectivity index is 1.88. The summed E-state index contributed by atoms with van der Waals surface area (Å²) in [5.41, 5.74) is 2.12. The lowest BCUT2D eigenvalue weighted by molar-refractivity contribution is 0.0600.